The van der Waals surface area contributed by atoms with Crippen LogP contribution in [0.5, 0.6) is 5.88 Å². The van der Waals surface area contributed by atoms with Crippen LogP contribution in [0.2, 0.25) is 0 Å². The molecule has 20 heavy (non-hydrogen) atoms. The summed E-state index contributed by atoms with van der Waals surface area (Å²) >= 11 is 0. The highest BCUT2D eigenvalue weighted by Crippen LogP contribution is 2.34. The average Bonchev–Trinajstić information content (AvgIpc) is 3.21. The molecule has 1 atom stereocenters. The maximum Gasteiger partial charge on any atom is 0.422 e. The number of hydrogen-bond donors (Lipinski definition) is 1. The maximum absolute atomic E-state index is 12.0. The maximum atomic E-state index is 12.0. The molecule has 0 radical (unpaired) electrons. The minimum absolute atomic E-state index is 0.0393. The van der Waals surface area contributed by atoms with E-state index in [1.54, 1.807) is 13.2 Å². The smallest absolute Gasteiger partial charge is 0.422 e. The van der Waals surface area contributed by atoms with Crippen molar-refractivity contribution in [2.75, 3.05) is 25.6 Å². The van der Waals surface area contributed by atoms with Crippen LogP contribution >= 0.6 is 0 Å². The Morgan fingerprint density at radius 2 is 2.15 bits per heavy atom. The first kappa shape index (κ1) is 14.9. The number of ether oxygens (including phenoxy) is 2. The summed E-state index contributed by atoms with van der Waals surface area (Å²) in [6.45, 7) is -0.738. The number of rotatable bonds is 7. The quantitative estimate of drug-likeness (QED) is 0.838. The number of aromatic nitrogens is 1. The molecule has 1 fully saturated rings. The molecule has 7 heteroatoms. The zero-order valence-electron chi connectivity index (χ0n) is 11.1. The second kappa shape index (κ2) is 6.30. The van der Waals surface area contributed by atoms with Crippen molar-refractivity contribution < 1.29 is 22.6 Å². The molecule has 0 saturated heterocycles. The highest BCUT2D eigenvalue weighted by atomic mass is 19.4. The molecule has 1 aromatic rings. The van der Waals surface area contributed by atoms with Gasteiger partial charge in [0.25, 0.3) is 0 Å². The number of hydrogen-bond acceptors (Lipinski definition) is 4. The van der Waals surface area contributed by atoms with Gasteiger partial charge in [0.2, 0.25) is 5.88 Å². The topological polar surface area (TPSA) is 43.4 Å². The molecule has 1 unspecified atom stereocenters. The van der Waals surface area contributed by atoms with Crippen molar-refractivity contribution in [3.8, 4) is 5.88 Å². The molecule has 1 aromatic heterocycles. The summed E-state index contributed by atoms with van der Waals surface area (Å²) in [7, 11) is 1.64. The van der Waals surface area contributed by atoms with Crippen molar-refractivity contribution in [2.24, 2.45) is 5.92 Å². The Morgan fingerprint density at radius 1 is 1.40 bits per heavy atom. The second-order valence-corrected chi connectivity index (χ2v) is 4.83. The third-order valence-corrected chi connectivity index (χ3v) is 3.01. The van der Waals surface area contributed by atoms with Gasteiger partial charge in [0.15, 0.2) is 6.61 Å². The minimum Gasteiger partial charge on any atom is -0.468 e. The molecule has 112 valence electrons. The molecule has 0 spiro atoms. The van der Waals surface area contributed by atoms with Gasteiger partial charge in [-0.15, -0.1) is 0 Å². The van der Waals surface area contributed by atoms with E-state index in [-0.39, 0.29) is 11.9 Å². The Morgan fingerprint density at radius 3 is 2.65 bits per heavy atom. The molecule has 4 nitrogen and oxygen atoms in total. The number of anilines is 1. The van der Waals surface area contributed by atoms with Crippen molar-refractivity contribution in [1.29, 1.82) is 0 Å². The summed E-state index contributed by atoms with van der Waals surface area (Å²) in [5, 5.41) is 3.28. The van der Waals surface area contributed by atoms with Crippen LogP contribution in [0.25, 0.3) is 0 Å². The fraction of sp³-hybridized carbons (Fsp3) is 0.615. The second-order valence-electron chi connectivity index (χ2n) is 4.83. The van der Waals surface area contributed by atoms with Crippen molar-refractivity contribution >= 4 is 5.69 Å². The Bertz CT molecular complexity index is 419. The van der Waals surface area contributed by atoms with E-state index in [0.717, 1.165) is 5.69 Å². The van der Waals surface area contributed by atoms with Gasteiger partial charge in [-0.05, 0) is 24.8 Å². The van der Waals surface area contributed by atoms with Gasteiger partial charge in [-0.25, -0.2) is 4.98 Å². The van der Waals surface area contributed by atoms with Gasteiger partial charge in [-0.1, -0.05) is 0 Å². The van der Waals surface area contributed by atoms with E-state index in [0.29, 0.717) is 12.5 Å². The Labute approximate surface area is 115 Å². The van der Waals surface area contributed by atoms with Gasteiger partial charge in [0.1, 0.15) is 0 Å². The van der Waals surface area contributed by atoms with Crippen molar-refractivity contribution in [3.63, 3.8) is 0 Å². The summed E-state index contributed by atoms with van der Waals surface area (Å²) in [5.41, 5.74) is 0.748. The van der Waals surface area contributed by atoms with E-state index in [1.165, 1.54) is 25.1 Å². The number of halogens is 3. The van der Waals surface area contributed by atoms with E-state index in [4.69, 9.17) is 4.74 Å². The molecule has 0 aliphatic heterocycles. The van der Waals surface area contributed by atoms with Gasteiger partial charge < -0.3 is 14.8 Å². The molecule has 1 heterocycles. The normalized spacial score (nSPS) is 16.8. The van der Waals surface area contributed by atoms with Crippen LogP contribution in [0, 0.1) is 5.92 Å². The van der Waals surface area contributed by atoms with Crippen LogP contribution in [0.4, 0.5) is 18.9 Å². The van der Waals surface area contributed by atoms with E-state index in [1.807, 2.05) is 0 Å². The lowest BCUT2D eigenvalue weighted by Gasteiger charge is -2.18. The van der Waals surface area contributed by atoms with E-state index < -0.39 is 12.8 Å². The monoisotopic (exact) mass is 290 g/mol. The van der Waals surface area contributed by atoms with Crippen LogP contribution in [0.1, 0.15) is 12.8 Å². The summed E-state index contributed by atoms with van der Waals surface area (Å²) in [4.78, 5) is 3.85. The largest absolute Gasteiger partial charge is 0.468 e. The molecule has 1 aliphatic carbocycles. The minimum atomic E-state index is -4.35. The van der Waals surface area contributed by atoms with E-state index in [9.17, 15) is 13.2 Å². The summed E-state index contributed by atoms with van der Waals surface area (Å²) in [5.74, 6) is 0.554. The molecular formula is C13H17F3N2O2. The van der Waals surface area contributed by atoms with Crippen molar-refractivity contribution in [2.45, 2.75) is 25.1 Å². The molecule has 1 aliphatic rings. The highest BCUT2D eigenvalue weighted by molar-refractivity contribution is 5.43. The van der Waals surface area contributed by atoms with Gasteiger partial charge in [0.05, 0.1) is 24.5 Å². The first-order valence-corrected chi connectivity index (χ1v) is 6.39. The molecule has 1 saturated carbocycles. The van der Waals surface area contributed by atoms with Gasteiger partial charge in [-0.3, -0.25) is 0 Å². The number of methoxy groups -OCH3 is 1. The lowest BCUT2D eigenvalue weighted by molar-refractivity contribution is -0.154. The summed E-state index contributed by atoms with van der Waals surface area (Å²) in [6, 6.07) is 3.29. The van der Waals surface area contributed by atoms with Crippen LogP contribution in [-0.4, -0.2) is 37.5 Å². The summed E-state index contributed by atoms with van der Waals surface area (Å²) in [6.07, 6.45) is -0.548. The highest BCUT2D eigenvalue weighted by Gasteiger charge is 2.31. The summed E-state index contributed by atoms with van der Waals surface area (Å²) < 4.78 is 45.7. The molecule has 0 bridgehead atoms. The van der Waals surface area contributed by atoms with Crippen LogP contribution in [0.15, 0.2) is 18.3 Å². The van der Waals surface area contributed by atoms with Crippen molar-refractivity contribution in [3.05, 3.63) is 18.3 Å². The molecule has 0 amide bonds. The number of pyridine rings is 1. The standard InChI is InChI=1S/C13H17F3N2O2/c1-19-7-11(9-2-3-9)18-10-4-5-12(17-6-10)20-8-13(14,15)16/h4-6,9,11,18H,2-3,7-8H2,1H3. The van der Waals surface area contributed by atoms with Gasteiger partial charge >= 0.3 is 6.18 Å². The zero-order chi connectivity index (χ0) is 14.6. The predicted molar refractivity (Wildman–Crippen MR) is 67.8 cm³/mol. The van der Waals surface area contributed by atoms with Gasteiger partial charge in [-0.2, -0.15) is 13.2 Å². The van der Waals surface area contributed by atoms with Crippen molar-refractivity contribution in [1.82, 2.24) is 4.98 Å². The molecule has 2 rings (SSSR count). The Balaban J connectivity index is 1.87. The third kappa shape index (κ3) is 4.88. The van der Waals surface area contributed by atoms with E-state index in [2.05, 4.69) is 15.0 Å². The molecular weight excluding hydrogens is 273 g/mol. The van der Waals surface area contributed by atoms with Crippen LogP contribution in [-0.2, 0) is 4.74 Å². The third-order valence-electron chi connectivity index (χ3n) is 3.01. The lowest BCUT2D eigenvalue weighted by Crippen LogP contribution is -2.27. The molecule has 1 N–H and O–H groups in total. The van der Waals surface area contributed by atoms with Gasteiger partial charge in [0, 0.05) is 13.2 Å². The average molecular weight is 290 g/mol. The molecule has 0 aromatic carbocycles. The fourth-order valence-electron chi connectivity index (χ4n) is 1.89. The SMILES string of the molecule is COCC(Nc1ccc(OCC(F)(F)F)nc1)C1CC1. The fourth-order valence-corrected chi connectivity index (χ4v) is 1.89. The number of alkyl halides is 3. The Hall–Kier alpha value is -1.50. The number of nitrogens with one attached hydrogen (secondary N) is 1. The first-order chi connectivity index (χ1) is 9.48. The zero-order valence-corrected chi connectivity index (χ0v) is 11.1. The van der Waals surface area contributed by atoms with Crippen LogP contribution in [0.3, 0.4) is 0 Å². The number of nitrogens with zero attached hydrogens (tertiary/aromatic N) is 1. The van der Waals surface area contributed by atoms with Crippen LogP contribution < -0.4 is 10.1 Å². The van der Waals surface area contributed by atoms with E-state index >= 15 is 0 Å². The lowest BCUT2D eigenvalue weighted by atomic mass is 10.2. The predicted octanol–water partition coefficient (Wildman–Crippen LogP) is 2.86. The first-order valence-electron chi connectivity index (χ1n) is 6.39. The Kier molecular flexibility index (Phi) is 4.69.